The molecule has 0 aliphatic carbocycles. The second-order valence-electron chi connectivity index (χ2n) is 8.93. The van der Waals surface area contributed by atoms with Crippen molar-refractivity contribution in [3.05, 3.63) is 64.8 Å². The third-order valence-corrected chi connectivity index (χ3v) is 8.55. The molecule has 2 aliphatic heterocycles. The van der Waals surface area contributed by atoms with E-state index in [2.05, 4.69) is 20.0 Å². The molecule has 0 unspecified atom stereocenters. The fourth-order valence-electron chi connectivity index (χ4n) is 4.31. The lowest BCUT2D eigenvalue weighted by atomic mass is 9.97. The van der Waals surface area contributed by atoms with E-state index in [1.807, 2.05) is 36.1 Å². The van der Waals surface area contributed by atoms with E-state index in [0.717, 1.165) is 40.9 Å². The first-order chi connectivity index (χ1) is 17.3. The molecule has 186 valence electrons. The third kappa shape index (κ3) is 5.43. The molecule has 1 aromatic heterocycles. The molecule has 0 spiro atoms. The number of benzene rings is 2. The number of amides is 2. The van der Waals surface area contributed by atoms with E-state index in [1.165, 1.54) is 0 Å². The first kappa shape index (κ1) is 24.4. The second-order valence-corrected chi connectivity index (χ2v) is 11.7. The van der Waals surface area contributed by atoms with E-state index in [4.69, 9.17) is 0 Å². The van der Waals surface area contributed by atoms with Crippen molar-refractivity contribution in [1.29, 1.82) is 0 Å². The molecule has 0 saturated carbocycles. The number of carbonyl (C=O) groups excluding carboxylic acids is 2. The van der Waals surface area contributed by atoms with E-state index < -0.39 is 21.2 Å². The fraction of sp³-hybridized carbons (Fsp3) is 0.280. The van der Waals surface area contributed by atoms with Crippen LogP contribution in [-0.4, -0.2) is 49.2 Å². The van der Waals surface area contributed by atoms with Crippen molar-refractivity contribution in [2.75, 3.05) is 24.5 Å². The largest absolute Gasteiger partial charge is 0.341 e. The van der Waals surface area contributed by atoms with E-state index in [-0.39, 0.29) is 10.8 Å². The van der Waals surface area contributed by atoms with Crippen LogP contribution < -0.4 is 14.9 Å². The van der Waals surface area contributed by atoms with Crippen molar-refractivity contribution in [1.82, 2.24) is 20.0 Å². The summed E-state index contributed by atoms with van der Waals surface area (Å²) in [5, 5.41) is 3.75. The van der Waals surface area contributed by atoms with Gasteiger partial charge in [-0.2, -0.15) is 0 Å². The van der Waals surface area contributed by atoms with Gasteiger partial charge < -0.3 is 4.90 Å². The van der Waals surface area contributed by atoms with E-state index in [1.54, 1.807) is 30.5 Å². The van der Waals surface area contributed by atoms with Crippen molar-refractivity contribution in [2.45, 2.75) is 24.7 Å². The highest BCUT2D eigenvalue weighted by atomic mass is 32.2. The van der Waals surface area contributed by atoms with Crippen LogP contribution in [0.15, 0.2) is 58.5 Å². The minimum absolute atomic E-state index is 0.203. The molecule has 3 heterocycles. The number of nitrogens with zero attached hydrogens (tertiary/aromatic N) is 3. The molecule has 2 saturated heterocycles. The molecule has 9 nitrogen and oxygen atoms in total. The zero-order valence-corrected chi connectivity index (χ0v) is 21.2. The average Bonchev–Trinajstić information content (AvgIpc) is 3.19. The Morgan fingerprint density at radius 2 is 1.86 bits per heavy atom. The Hall–Kier alpha value is -3.28. The Morgan fingerprint density at radius 3 is 2.61 bits per heavy atom. The SMILES string of the molecule is Cc1ccc2cc(S(=O)(=O)NCC3CCN(c4nccc(/C=C5\SC(=O)NC5=O)n4)CC3)ccc2c1. The van der Waals surface area contributed by atoms with Gasteiger partial charge in [-0.3, -0.25) is 14.9 Å². The number of aromatic nitrogens is 2. The van der Waals surface area contributed by atoms with Gasteiger partial charge in [-0.15, -0.1) is 0 Å². The molecule has 2 amide bonds. The predicted octanol–water partition coefficient (Wildman–Crippen LogP) is 3.46. The topological polar surface area (TPSA) is 121 Å². The Bertz CT molecular complexity index is 1480. The number of nitrogens with one attached hydrogen (secondary N) is 2. The van der Waals surface area contributed by atoms with Gasteiger partial charge in [0.05, 0.1) is 15.5 Å². The van der Waals surface area contributed by atoms with E-state index in [9.17, 15) is 18.0 Å². The van der Waals surface area contributed by atoms with Crippen LogP contribution in [0, 0.1) is 12.8 Å². The maximum absolute atomic E-state index is 12.9. The summed E-state index contributed by atoms with van der Waals surface area (Å²) >= 11 is 0.848. The lowest BCUT2D eigenvalue weighted by Gasteiger charge is -2.32. The van der Waals surface area contributed by atoms with E-state index >= 15 is 0 Å². The summed E-state index contributed by atoms with van der Waals surface area (Å²) < 4.78 is 28.6. The Balaban J connectivity index is 1.18. The lowest BCUT2D eigenvalue weighted by molar-refractivity contribution is -0.115. The molecule has 2 N–H and O–H groups in total. The smallest absolute Gasteiger partial charge is 0.290 e. The van der Waals surface area contributed by atoms with Crippen molar-refractivity contribution in [3.63, 3.8) is 0 Å². The number of hydrogen-bond acceptors (Lipinski definition) is 8. The molecule has 2 aromatic carbocycles. The van der Waals surface area contributed by atoms with Gasteiger partial charge in [0.1, 0.15) is 0 Å². The van der Waals surface area contributed by atoms with Crippen LogP contribution in [0.25, 0.3) is 16.8 Å². The summed E-state index contributed by atoms with van der Waals surface area (Å²) in [6.45, 7) is 3.76. The average molecular weight is 524 g/mol. The van der Waals surface area contributed by atoms with Crippen molar-refractivity contribution < 1.29 is 18.0 Å². The zero-order chi connectivity index (χ0) is 25.3. The van der Waals surface area contributed by atoms with Gasteiger partial charge >= 0.3 is 0 Å². The van der Waals surface area contributed by atoms with Gasteiger partial charge in [0, 0.05) is 25.8 Å². The van der Waals surface area contributed by atoms with Crippen molar-refractivity contribution >= 4 is 55.7 Å². The van der Waals surface area contributed by atoms with Gasteiger partial charge in [0.25, 0.3) is 11.1 Å². The molecular weight excluding hydrogens is 498 g/mol. The fourth-order valence-corrected chi connectivity index (χ4v) is 6.13. The summed E-state index contributed by atoms with van der Waals surface area (Å²) in [5.74, 6) is 0.325. The maximum Gasteiger partial charge on any atom is 0.290 e. The summed E-state index contributed by atoms with van der Waals surface area (Å²) in [4.78, 5) is 34.6. The van der Waals surface area contributed by atoms with Gasteiger partial charge in [-0.05, 0) is 72.5 Å². The normalized spacial score (nSPS) is 18.2. The summed E-state index contributed by atoms with van der Waals surface area (Å²) in [5.41, 5.74) is 1.68. The predicted molar refractivity (Wildman–Crippen MR) is 140 cm³/mol. The number of imide groups is 1. The number of thioether (sulfide) groups is 1. The summed E-state index contributed by atoms with van der Waals surface area (Å²) in [7, 11) is -3.61. The van der Waals surface area contributed by atoms with Crippen LogP contribution in [-0.2, 0) is 14.8 Å². The molecule has 3 aromatic rings. The Morgan fingerprint density at radius 1 is 1.11 bits per heavy atom. The van der Waals surface area contributed by atoms with Gasteiger partial charge in [-0.1, -0.05) is 29.8 Å². The highest BCUT2D eigenvalue weighted by molar-refractivity contribution is 8.18. The molecule has 5 rings (SSSR count). The first-order valence-electron chi connectivity index (χ1n) is 11.6. The van der Waals surface area contributed by atoms with Crippen molar-refractivity contribution in [3.8, 4) is 0 Å². The standard InChI is InChI=1S/C25H25N5O4S2/c1-16-2-3-19-13-21(5-4-18(19)12-16)36(33,34)27-15-17-7-10-30(11-8-17)24-26-9-6-20(28-24)14-22-23(31)29-25(32)35-22/h2-6,9,12-14,17,27H,7-8,10-11,15H2,1H3,(H,29,31,32)/b22-14-. The van der Waals surface area contributed by atoms with Crippen molar-refractivity contribution in [2.24, 2.45) is 5.92 Å². The molecule has 2 aliphatic rings. The molecule has 36 heavy (non-hydrogen) atoms. The van der Waals surface area contributed by atoms with Crippen LogP contribution in [0.4, 0.5) is 10.7 Å². The van der Waals surface area contributed by atoms with E-state index in [0.29, 0.717) is 36.2 Å². The second kappa shape index (κ2) is 10.00. The summed E-state index contributed by atoms with van der Waals surface area (Å²) in [6, 6.07) is 12.8. The van der Waals surface area contributed by atoms with Crippen LogP contribution >= 0.6 is 11.8 Å². The number of rotatable bonds is 6. The number of carbonyl (C=O) groups is 2. The number of hydrogen-bond donors (Lipinski definition) is 2. The highest BCUT2D eigenvalue weighted by Crippen LogP contribution is 2.26. The molecule has 2 fully saturated rings. The minimum atomic E-state index is -3.61. The van der Waals surface area contributed by atoms with Gasteiger partial charge in [-0.25, -0.2) is 23.1 Å². The van der Waals surface area contributed by atoms with Crippen LogP contribution in [0.1, 0.15) is 24.1 Å². The molecule has 0 radical (unpaired) electrons. The molecule has 11 heteroatoms. The monoisotopic (exact) mass is 523 g/mol. The number of piperidine rings is 1. The van der Waals surface area contributed by atoms with Crippen LogP contribution in [0.3, 0.4) is 0 Å². The third-order valence-electron chi connectivity index (χ3n) is 6.32. The summed E-state index contributed by atoms with van der Waals surface area (Å²) in [6.07, 6.45) is 4.78. The van der Waals surface area contributed by atoms with Crippen LogP contribution in [0.2, 0.25) is 0 Å². The molecule has 0 bridgehead atoms. The number of anilines is 1. The first-order valence-corrected chi connectivity index (χ1v) is 13.9. The molecular formula is C25H25N5O4S2. The number of sulfonamides is 1. The minimum Gasteiger partial charge on any atom is -0.341 e. The number of fused-ring (bicyclic) bond motifs is 1. The van der Waals surface area contributed by atoms with Gasteiger partial charge in [0.15, 0.2) is 0 Å². The van der Waals surface area contributed by atoms with Gasteiger partial charge in [0.2, 0.25) is 16.0 Å². The molecule has 0 atom stereocenters. The Kier molecular flexibility index (Phi) is 6.78. The number of aryl methyl sites for hydroxylation is 1. The quantitative estimate of drug-likeness (QED) is 0.471. The maximum atomic E-state index is 12.9. The Labute approximate surface area is 213 Å². The van der Waals surface area contributed by atoms with Crippen LogP contribution in [0.5, 0.6) is 0 Å². The lowest BCUT2D eigenvalue weighted by Crippen LogP contribution is -2.39. The highest BCUT2D eigenvalue weighted by Gasteiger charge is 2.26. The zero-order valence-electron chi connectivity index (χ0n) is 19.6.